The highest BCUT2D eigenvalue weighted by Gasteiger charge is 2.24. The number of hydrogen-bond donors (Lipinski definition) is 2. The van der Waals surface area contributed by atoms with Crippen LogP contribution in [-0.4, -0.2) is 17.0 Å². The lowest BCUT2D eigenvalue weighted by Crippen LogP contribution is -2.26. The van der Waals surface area contributed by atoms with Gasteiger partial charge in [0.2, 0.25) is 6.10 Å². The zero-order valence-electron chi connectivity index (χ0n) is 18.3. The van der Waals surface area contributed by atoms with Gasteiger partial charge in [0.05, 0.1) is 11.3 Å². The summed E-state index contributed by atoms with van der Waals surface area (Å²) in [4.78, 5) is 24.7. The third-order valence-corrected chi connectivity index (χ3v) is 5.08. The third kappa shape index (κ3) is 5.81. The number of hydrogen-bond acceptors (Lipinski definition) is 4. The van der Waals surface area contributed by atoms with Crippen LogP contribution in [0, 0.1) is 0 Å². The number of carboxylic acid groups (broad SMARTS) is 1. The Hall–Kier alpha value is -4.58. The first kappa shape index (κ1) is 22.6. The van der Waals surface area contributed by atoms with Crippen LogP contribution in [0.5, 0.6) is 11.5 Å². The Bertz CT molecular complexity index is 1240. The molecule has 6 nitrogen and oxygen atoms in total. The molecule has 0 radical (unpaired) electrons. The summed E-state index contributed by atoms with van der Waals surface area (Å²) in [7, 11) is 0. The molecule has 1 atom stereocenters. The number of ether oxygens (including phenoxy) is 2. The Morgan fingerprint density at radius 1 is 0.735 bits per heavy atom. The fraction of sp³-hybridized carbons (Fsp3) is 0.0714. The molecule has 34 heavy (non-hydrogen) atoms. The van der Waals surface area contributed by atoms with Gasteiger partial charge in [0, 0.05) is 5.56 Å². The van der Waals surface area contributed by atoms with Crippen LogP contribution in [0.25, 0.3) is 0 Å². The molecule has 0 heterocycles. The maximum Gasteiger partial charge on any atom is 0.337 e. The predicted molar refractivity (Wildman–Crippen MR) is 129 cm³/mol. The second kappa shape index (κ2) is 10.8. The molecule has 0 aliphatic rings. The number of rotatable bonds is 9. The van der Waals surface area contributed by atoms with E-state index in [0.717, 1.165) is 5.56 Å². The molecule has 4 aromatic carbocycles. The Kier molecular flexibility index (Phi) is 7.20. The van der Waals surface area contributed by atoms with Crippen molar-refractivity contribution in [1.82, 2.24) is 0 Å². The standard InChI is InChI=1S/C28H23NO5/c30-27(29-25-14-8-7-13-24(25)28(31)32)26(21-11-5-2-6-12-21)34-23-17-15-22(16-18-23)33-19-20-9-3-1-4-10-20/h1-18,26H,19H2,(H,29,30)(H,31,32). The second-order valence-electron chi connectivity index (χ2n) is 7.49. The van der Waals surface area contributed by atoms with Gasteiger partial charge in [0.25, 0.3) is 5.91 Å². The lowest BCUT2D eigenvalue weighted by molar-refractivity contribution is -0.123. The zero-order chi connectivity index (χ0) is 23.8. The number of carbonyl (C=O) groups is 2. The van der Waals surface area contributed by atoms with Gasteiger partial charge in [-0.1, -0.05) is 72.8 Å². The van der Waals surface area contributed by atoms with Crippen molar-refractivity contribution in [2.75, 3.05) is 5.32 Å². The molecule has 0 saturated carbocycles. The van der Waals surface area contributed by atoms with Crippen LogP contribution in [0.3, 0.4) is 0 Å². The second-order valence-corrected chi connectivity index (χ2v) is 7.49. The van der Waals surface area contributed by atoms with E-state index in [1.54, 1.807) is 54.6 Å². The first-order valence-corrected chi connectivity index (χ1v) is 10.7. The Morgan fingerprint density at radius 2 is 1.32 bits per heavy atom. The molecular formula is C28H23NO5. The maximum atomic E-state index is 13.2. The minimum absolute atomic E-state index is 0.00239. The highest BCUT2D eigenvalue weighted by molar-refractivity contribution is 6.02. The summed E-state index contributed by atoms with van der Waals surface area (Å²) in [5.41, 5.74) is 1.90. The Morgan fingerprint density at radius 3 is 2.00 bits per heavy atom. The van der Waals surface area contributed by atoms with Crippen LogP contribution < -0.4 is 14.8 Å². The predicted octanol–water partition coefficient (Wildman–Crippen LogP) is 5.72. The first-order valence-electron chi connectivity index (χ1n) is 10.7. The van der Waals surface area contributed by atoms with Gasteiger partial charge >= 0.3 is 5.97 Å². The van der Waals surface area contributed by atoms with Crippen molar-refractivity contribution >= 4 is 17.6 Å². The molecule has 0 aliphatic carbocycles. The molecule has 2 N–H and O–H groups in total. The first-order chi connectivity index (χ1) is 16.6. The normalized spacial score (nSPS) is 11.3. The monoisotopic (exact) mass is 453 g/mol. The number of para-hydroxylation sites is 1. The molecule has 0 bridgehead atoms. The number of carboxylic acids is 1. The van der Waals surface area contributed by atoms with Crippen molar-refractivity contribution in [2.24, 2.45) is 0 Å². The van der Waals surface area contributed by atoms with Gasteiger partial charge in [-0.15, -0.1) is 0 Å². The number of nitrogens with one attached hydrogen (secondary N) is 1. The molecule has 6 heteroatoms. The van der Waals surface area contributed by atoms with Crippen molar-refractivity contribution < 1.29 is 24.2 Å². The summed E-state index contributed by atoms with van der Waals surface area (Å²) < 4.78 is 11.8. The molecule has 1 amide bonds. The van der Waals surface area contributed by atoms with Crippen LogP contribution in [0.15, 0.2) is 109 Å². The van der Waals surface area contributed by atoms with Gasteiger partial charge in [0.1, 0.15) is 18.1 Å². The highest BCUT2D eigenvalue weighted by Crippen LogP contribution is 2.27. The van der Waals surface area contributed by atoms with E-state index in [-0.39, 0.29) is 11.3 Å². The van der Waals surface area contributed by atoms with Crippen molar-refractivity contribution in [3.63, 3.8) is 0 Å². The van der Waals surface area contributed by atoms with E-state index in [9.17, 15) is 14.7 Å². The summed E-state index contributed by atoms with van der Waals surface area (Å²) in [5, 5.41) is 12.1. The van der Waals surface area contributed by atoms with Crippen LogP contribution >= 0.6 is 0 Å². The van der Waals surface area contributed by atoms with Crippen LogP contribution in [0.2, 0.25) is 0 Å². The van der Waals surface area contributed by atoms with Crippen molar-refractivity contribution in [3.8, 4) is 11.5 Å². The van der Waals surface area contributed by atoms with E-state index < -0.39 is 18.0 Å². The van der Waals surface area contributed by atoms with E-state index in [0.29, 0.717) is 23.7 Å². The smallest absolute Gasteiger partial charge is 0.337 e. The highest BCUT2D eigenvalue weighted by atomic mass is 16.5. The molecule has 4 aromatic rings. The Labute approximate surface area is 197 Å². The molecular weight excluding hydrogens is 430 g/mol. The van der Waals surface area contributed by atoms with Gasteiger partial charge in [-0.05, 0) is 42.0 Å². The number of carbonyl (C=O) groups excluding carboxylic acids is 1. The summed E-state index contributed by atoms with van der Waals surface area (Å²) >= 11 is 0. The van der Waals surface area contributed by atoms with Crippen molar-refractivity contribution in [3.05, 3.63) is 126 Å². The van der Waals surface area contributed by atoms with Crippen LogP contribution in [-0.2, 0) is 11.4 Å². The van der Waals surface area contributed by atoms with Gasteiger partial charge < -0.3 is 19.9 Å². The van der Waals surface area contributed by atoms with Gasteiger partial charge in [-0.2, -0.15) is 0 Å². The molecule has 170 valence electrons. The Balaban J connectivity index is 1.50. The molecule has 0 saturated heterocycles. The number of amides is 1. The lowest BCUT2D eigenvalue weighted by Gasteiger charge is -2.20. The summed E-state index contributed by atoms with van der Waals surface area (Å²) in [6.07, 6.45) is -0.987. The SMILES string of the molecule is O=C(O)c1ccccc1NC(=O)C(Oc1ccc(OCc2ccccc2)cc1)c1ccccc1. The van der Waals surface area contributed by atoms with E-state index >= 15 is 0 Å². The molecule has 0 aromatic heterocycles. The van der Waals surface area contributed by atoms with E-state index in [2.05, 4.69) is 5.32 Å². The van der Waals surface area contributed by atoms with Crippen LogP contribution in [0.1, 0.15) is 27.6 Å². The molecule has 0 spiro atoms. The molecule has 4 rings (SSSR count). The van der Waals surface area contributed by atoms with Gasteiger partial charge in [-0.25, -0.2) is 4.79 Å². The zero-order valence-corrected chi connectivity index (χ0v) is 18.3. The molecule has 1 unspecified atom stereocenters. The fourth-order valence-electron chi connectivity index (χ4n) is 3.37. The summed E-state index contributed by atoms with van der Waals surface area (Å²) in [6.45, 7) is 0.444. The number of anilines is 1. The summed E-state index contributed by atoms with van der Waals surface area (Å²) in [6, 6.07) is 32.1. The van der Waals surface area contributed by atoms with Crippen LogP contribution in [0.4, 0.5) is 5.69 Å². The quantitative estimate of drug-likeness (QED) is 0.338. The lowest BCUT2D eigenvalue weighted by atomic mass is 10.1. The average molecular weight is 453 g/mol. The molecule has 0 aliphatic heterocycles. The van der Waals surface area contributed by atoms with Crippen molar-refractivity contribution in [1.29, 1.82) is 0 Å². The van der Waals surface area contributed by atoms with E-state index in [1.165, 1.54) is 6.07 Å². The van der Waals surface area contributed by atoms with E-state index in [1.807, 2.05) is 48.5 Å². The maximum absolute atomic E-state index is 13.2. The fourth-order valence-corrected chi connectivity index (χ4v) is 3.37. The number of aromatic carboxylic acids is 1. The summed E-state index contributed by atoms with van der Waals surface area (Å²) in [5.74, 6) is -0.460. The minimum atomic E-state index is -1.13. The number of benzene rings is 4. The molecule has 0 fully saturated rings. The van der Waals surface area contributed by atoms with E-state index in [4.69, 9.17) is 9.47 Å². The van der Waals surface area contributed by atoms with Gasteiger partial charge in [0.15, 0.2) is 0 Å². The topological polar surface area (TPSA) is 84.9 Å². The van der Waals surface area contributed by atoms with Crippen molar-refractivity contribution in [2.45, 2.75) is 12.7 Å². The minimum Gasteiger partial charge on any atom is -0.489 e. The third-order valence-electron chi connectivity index (χ3n) is 5.08. The van der Waals surface area contributed by atoms with Gasteiger partial charge in [-0.3, -0.25) is 4.79 Å². The average Bonchev–Trinajstić information content (AvgIpc) is 2.88. The largest absolute Gasteiger partial charge is 0.489 e.